The largest absolute Gasteiger partial charge is 0.475 e. The number of aromatic carboxylic acids is 1. The van der Waals surface area contributed by atoms with Gasteiger partial charge in [-0.3, -0.25) is 0 Å². The molecule has 0 aliphatic carbocycles. The minimum Gasteiger partial charge on any atom is -0.475 e. The van der Waals surface area contributed by atoms with Crippen molar-refractivity contribution in [1.29, 1.82) is 0 Å². The Bertz CT molecular complexity index is 1420. The van der Waals surface area contributed by atoms with Crippen LogP contribution in [0.2, 0.25) is 0 Å². The number of carbonyl (C=O) groups is 1. The first-order chi connectivity index (χ1) is 17.5. The van der Waals surface area contributed by atoms with Crippen LogP contribution in [0.1, 0.15) is 48.7 Å². The van der Waals surface area contributed by atoms with Crippen LogP contribution in [-0.4, -0.2) is 77.4 Å². The van der Waals surface area contributed by atoms with Gasteiger partial charge in [0.15, 0.2) is 6.23 Å². The molecule has 13 heteroatoms. The van der Waals surface area contributed by atoms with Gasteiger partial charge in [-0.05, 0) is 50.7 Å². The Hall–Kier alpha value is -3.42. The number of carboxylic acids is 1. The zero-order valence-electron chi connectivity index (χ0n) is 20.0. The first-order valence-electron chi connectivity index (χ1n) is 12.0. The highest BCUT2D eigenvalue weighted by Crippen LogP contribution is 2.38. The van der Waals surface area contributed by atoms with E-state index in [0.29, 0.717) is 43.3 Å². The molecular weight excluding hydrogens is 484 g/mol. The lowest BCUT2D eigenvalue weighted by molar-refractivity contribution is -0.0385. The van der Waals surface area contributed by atoms with E-state index in [1.54, 1.807) is 0 Å². The molecule has 6 rings (SSSR count). The second kappa shape index (κ2) is 9.22. The number of rotatable bonds is 5. The van der Waals surface area contributed by atoms with Gasteiger partial charge in [0.05, 0.1) is 36.3 Å². The SMILES string of the molecule is Cc1cc(-c2nsc3c(-n4cnc(C(=O)O)n4)cc(N4CCOC[C@H]4C)nc23)n(C2CCCCO2)n1. The highest BCUT2D eigenvalue weighted by atomic mass is 32.1. The van der Waals surface area contributed by atoms with E-state index >= 15 is 0 Å². The van der Waals surface area contributed by atoms with Gasteiger partial charge in [0, 0.05) is 19.2 Å². The van der Waals surface area contributed by atoms with Crippen LogP contribution < -0.4 is 4.90 Å². The summed E-state index contributed by atoms with van der Waals surface area (Å²) in [5.74, 6) is -0.703. The molecule has 2 atom stereocenters. The molecule has 0 bridgehead atoms. The number of hydrogen-bond acceptors (Lipinski definition) is 10. The monoisotopic (exact) mass is 510 g/mol. The fourth-order valence-electron chi connectivity index (χ4n) is 4.75. The van der Waals surface area contributed by atoms with Crippen molar-refractivity contribution in [2.75, 3.05) is 31.3 Å². The summed E-state index contributed by atoms with van der Waals surface area (Å²) in [6, 6.07) is 4.05. The summed E-state index contributed by atoms with van der Waals surface area (Å²) in [6.07, 6.45) is 4.29. The highest BCUT2D eigenvalue weighted by molar-refractivity contribution is 7.14. The fraction of sp³-hybridized carbons (Fsp3) is 0.478. The normalized spacial score (nSPS) is 20.8. The molecule has 2 saturated heterocycles. The third-order valence-electron chi connectivity index (χ3n) is 6.51. The highest BCUT2D eigenvalue weighted by Gasteiger charge is 2.27. The number of ether oxygens (including phenoxy) is 2. The molecule has 0 spiro atoms. The minimum atomic E-state index is -1.18. The van der Waals surface area contributed by atoms with Gasteiger partial charge in [-0.15, -0.1) is 5.10 Å². The lowest BCUT2D eigenvalue weighted by atomic mass is 10.1. The van der Waals surface area contributed by atoms with E-state index in [-0.39, 0.29) is 18.1 Å². The van der Waals surface area contributed by atoms with Gasteiger partial charge in [0.25, 0.3) is 5.82 Å². The number of morpholine rings is 1. The average Bonchev–Trinajstić information content (AvgIpc) is 3.62. The Morgan fingerprint density at radius 1 is 1.22 bits per heavy atom. The van der Waals surface area contributed by atoms with Crippen LogP contribution in [0.5, 0.6) is 0 Å². The number of carboxylic acid groups (broad SMARTS) is 1. The summed E-state index contributed by atoms with van der Waals surface area (Å²) in [5.41, 5.74) is 3.82. The van der Waals surface area contributed by atoms with Crippen molar-refractivity contribution in [2.24, 2.45) is 0 Å². The molecule has 1 N–H and O–H groups in total. The van der Waals surface area contributed by atoms with Crippen LogP contribution in [0.25, 0.3) is 27.3 Å². The van der Waals surface area contributed by atoms with Crippen LogP contribution >= 0.6 is 11.5 Å². The lowest BCUT2D eigenvalue weighted by Gasteiger charge is -2.34. The van der Waals surface area contributed by atoms with Gasteiger partial charge in [0.1, 0.15) is 28.1 Å². The summed E-state index contributed by atoms with van der Waals surface area (Å²) >= 11 is 1.29. The molecule has 1 unspecified atom stereocenters. The number of anilines is 1. The molecule has 0 amide bonds. The van der Waals surface area contributed by atoms with Crippen LogP contribution in [0.3, 0.4) is 0 Å². The number of aromatic nitrogens is 7. The van der Waals surface area contributed by atoms with Gasteiger partial charge in [0.2, 0.25) is 0 Å². The van der Waals surface area contributed by atoms with Crippen molar-refractivity contribution in [2.45, 2.75) is 45.4 Å². The molecule has 6 heterocycles. The third-order valence-corrected chi connectivity index (χ3v) is 7.37. The van der Waals surface area contributed by atoms with Crippen molar-refractivity contribution in [3.05, 3.63) is 30.0 Å². The van der Waals surface area contributed by atoms with Gasteiger partial charge >= 0.3 is 5.97 Å². The van der Waals surface area contributed by atoms with Gasteiger partial charge in [-0.25, -0.2) is 24.1 Å². The van der Waals surface area contributed by atoms with Crippen molar-refractivity contribution >= 4 is 33.5 Å². The fourth-order valence-corrected chi connectivity index (χ4v) is 5.59. The molecular formula is C23H26N8O4S. The summed E-state index contributed by atoms with van der Waals surface area (Å²) in [4.78, 5) is 22.7. The number of aryl methyl sites for hydroxylation is 1. The summed E-state index contributed by atoms with van der Waals surface area (Å²) in [6.45, 7) is 6.65. The van der Waals surface area contributed by atoms with Crippen molar-refractivity contribution in [3.8, 4) is 17.1 Å². The maximum Gasteiger partial charge on any atom is 0.375 e. The van der Waals surface area contributed by atoms with Crippen molar-refractivity contribution in [1.82, 2.24) is 33.9 Å². The Labute approximate surface area is 210 Å². The molecule has 2 aliphatic heterocycles. The van der Waals surface area contributed by atoms with Crippen LogP contribution in [0.4, 0.5) is 5.82 Å². The molecule has 36 heavy (non-hydrogen) atoms. The third kappa shape index (κ3) is 4.02. The maximum atomic E-state index is 11.4. The number of pyridine rings is 1. The zero-order chi connectivity index (χ0) is 24.8. The van der Waals surface area contributed by atoms with E-state index in [9.17, 15) is 9.90 Å². The van der Waals surface area contributed by atoms with Gasteiger partial charge in [-0.1, -0.05) is 0 Å². The number of fused-ring (bicyclic) bond motifs is 1. The predicted molar refractivity (Wildman–Crippen MR) is 132 cm³/mol. The topological polar surface area (TPSA) is 133 Å². The standard InChI is InChI=1S/C23H26N8O4S/c1-13-9-15(31(26-13)18-5-3-4-7-35-18)19-20-21(36-28-19)16(30-12-24-22(27-30)23(32)33)10-17(25-20)29-6-8-34-11-14(29)2/h9-10,12,14,18H,3-8,11H2,1-2H3,(H,32,33)/t14-,18?/m1/s1. The van der Waals surface area contributed by atoms with Gasteiger partial charge in [-0.2, -0.15) is 9.47 Å². The number of nitrogens with zero attached hydrogens (tertiary/aromatic N) is 8. The zero-order valence-corrected chi connectivity index (χ0v) is 20.8. The van der Waals surface area contributed by atoms with Crippen molar-refractivity contribution in [3.63, 3.8) is 0 Å². The lowest BCUT2D eigenvalue weighted by Crippen LogP contribution is -2.44. The van der Waals surface area contributed by atoms with Crippen LogP contribution in [0, 0.1) is 6.92 Å². The van der Waals surface area contributed by atoms with E-state index in [1.165, 1.54) is 22.5 Å². The summed E-state index contributed by atoms with van der Waals surface area (Å²) in [7, 11) is 0. The Balaban J connectivity index is 1.54. The van der Waals surface area contributed by atoms with Crippen LogP contribution in [0.15, 0.2) is 18.5 Å². The average molecular weight is 511 g/mol. The first kappa shape index (κ1) is 23.0. The van der Waals surface area contributed by atoms with E-state index < -0.39 is 5.97 Å². The predicted octanol–water partition coefficient (Wildman–Crippen LogP) is 3.07. The van der Waals surface area contributed by atoms with E-state index in [1.807, 2.05) is 23.7 Å². The van der Waals surface area contributed by atoms with E-state index in [2.05, 4.69) is 21.9 Å². The first-order valence-corrected chi connectivity index (χ1v) is 12.7. The number of hydrogen-bond donors (Lipinski definition) is 1. The second-order valence-corrected chi connectivity index (χ2v) is 9.85. The molecule has 0 radical (unpaired) electrons. The molecule has 2 aliphatic rings. The molecule has 4 aromatic heterocycles. The summed E-state index contributed by atoms with van der Waals surface area (Å²) in [5, 5.41) is 18.3. The molecule has 4 aromatic rings. The quantitative estimate of drug-likeness (QED) is 0.427. The van der Waals surface area contributed by atoms with E-state index in [4.69, 9.17) is 23.9 Å². The minimum absolute atomic E-state index is 0.125. The maximum absolute atomic E-state index is 11.4. The Morgan fingerprint density at radius 3 is 2.86 bits per heavy atom. The second-order valence-electron chi connectivity index (χ2n) is 9.08. The molecule has 12 nitrogen and oxygen atoms in total. The van der Waals surface area contributed by atoms with Crippen LogP contribution in [-0.2, 0) is 9.47 Å². The molecule has 188 valence electrons. The Kier molecular flexibility index (Phi) is 5.90. The molecule has 2 fully saturated rings. The smallest absolute Gasteiger partial charge is 0.375 e. The molecule has 0 saturated carbocycles. The van der Waals surface area contributed by atoms with Crippen molar-refractivity contribution < 1.29 is 19.4 Å². The Morgan fingerprint density at radius 2 is 2.11 bits per heavy atom. The van der Waals surface area contributed by atoms with E-state index in [0.717, 1.165) is 41.2 Å². The molecule has 0 aromatic carbocycles. The van der Waals surface area contributed by atoms with Gasteiger partial charge < -0.3 is 19.5 Å². The summed E-state index contributed by atoms with van der Waals surface area (Å²) < 4.78 is 20.7.